The van der Waals surface area contributed by atoms with Crippen molar-refractivity contribution in [3.63, 3.8) is 0 Å². The number of hydrogen-bond donors (Lipinski definition) is 1. The topological polar surface area (TPSA) is 40.5 Å². The summed E-state index contributed by atoms with van der Waals surface area (Å²) in [6.45, 7) is 3.42. The molecular formula is C18H23NO2. The van der Waals surface area contributed by atoms with E-state index in [-0.39, 0.29) is 12.2 Å². The quantitative estimate of drug-likeness (QED) is 0.914. The smallest absolute Gasteiger partial charge is 0.133 e. The van der Waals surface area contributed by atoms with E-state index in [9.17, 15) is 9.90 Å². The highest BCUT2D eigenvalue weighted by Gasteiger charge is 2.28. The molecule has 0 saturated heterocycles. The van der Waals surface area contributed by atoms with Crippen molar-refractivity contribution in [3.05, 3.63) is 42.0 Å². The normalized spacial score (nSPS) is 14.0. The van der Waals surface area contributed by atoms with Gasteiger partial charge in [0, 0.05) is 26.2 Å². The van der Waals surface area contributed by atoms with Crippen LogP contribution in [0.3, 0.4) is 0 Å². The van der Waals surface area contributed by atoms with E-state index in [1.165, 1.54) is 6.92 Å². The highest BCUT2D eigenvalue weighted by Crippen LogP contribution is 2.32. The standard InChI is InChI=1S/C18H23NO2/c1-5-18(21,12-13(2)20)16-8-6-15-11-17(19(3)4)9-7-14(15)10-16/h6-11,21H,5,12H2,1-4H3. The van der Waals surface area contributed by atoms with E-state index >= 15 is 0 Å². The molecule has 0 saturated carbocycles. The molecule has 112 valence electrons. The molecule has 0 fully saturated rings. The molecule has 3 heteroatoms. The van der Waals surface area contributed by atoms with Crippen LogP contribution in [0.1, 0.15) is 32.3 Å². The van der Waals surface area contributed by atoms with Crippen LogP contribution >= 0.6 is 0 Å². The highest BCUT2D eigenvalue weighted by molar-refractivity contribution is 5.87. The minimum Gasteiger partial charge on any atom is -0.385 e. The van der Waals surface area contributed by atoms with Crippen molar-refractivity contribution in [1.82, 2.24) is 0 Å². The maximum atomic E-state index is 11.4. The van der Waals surface area contributed by atoms with Gasteiger partial charge in [-0.2, -0.15) is 0 Å². The first-order valence-electron chi connectivity index (χ1n) is 7.29. The predicted octanol–water partition coefficient (Wildman–Crippen LogP) is 3.48. The van der Waals surface area contributed by atoms with E-state index in [0.717, 1.165) is 22.0 Å². The Bertz CT molecular complexity index is 663. The number of rotatable bonds is 5. The Hall–Kier alpha value is -1.87. The average Bonchev–Trinajstić information content (AvgIpc) is 2.45. The first kappa shape index (κ1) is 15.5. The summed E-state index contributed by atoms with van der Waals surface area (Å²) in [7, 11) is 4.02. The second-order valence-electron chi connectivity index (χ2n) is 5.90. The van der Waals surface area contributed by atoms with Crippen LogP contribution in [0.5, 0.6) is 0 Å². The first-order valence-corrected chi connectivity index (χ1v) is 7.29. The van der Waals surface area contributed by atoms with Gasteiger partial charge in [0.15, 0.2) is 0 Å². The molecule has 2 aromatic carbocycles. The van der Waals surface area contributed by atoms with E-state index < -0.39 is 5.60 Å². The number of hydrogen-bond acceptors (Lipinski definition) is 3. The molecule has 0 aliphatic heterocycles. The zero-order valence-corrected chi connectivity index (χ0v) is 13.2. The Morgan fingerprint density at radius 2 is 1.76 bits per heavy atom. The van der Waals surface area contributed by atoms with Gasteiger partial charge in [0.2, 0.25) is 0 Å². The van der Waals surface area contributed by atoms with Gasteiger partial charge >= 0.3 is 0 Å². The van der Waals surface area contributed by atoms with Crippen molar-refractivity contribution in [2.45, 2.75) is 32.3 Å². The molecule has 3 nitrogen and oxygen atoms in total. The summed E-state index contributed by atoms with van der Waals surface area (Å²) in [5, 5.41) is 12.9. The number of ketones is 1. The minimum absolute atomic E-state index is 0.00222. The summed E-state index contributed by atoms with van der Waals surface area (Å²) in [5.74, 6) is 0.00222. The number of benzene rings is 2. The maximum absolute atomic E-state index is 11.4. The average molecular weight is 285 g/mol. The van der Waals surface area contributed by atoms with Gasteiger partial charge in [-0.25, -0.2) is 0 Å². The summed E-state index contributed by atoms with van der Waals surface area (Å²) >= 11 is 0. The van der Waals surface area contributed by atoms with Crippen molar-refractivity contribution in [2.75, 3.05) is 19.0 Å². The lowest BCUT2D eigenvalue weighted by Gasteiger charge is -2.26. The van der Waals surface area contributed by atoms with Crippen molar-refractivity contribution < 1.29 is 9.90 Å². The van der Waals surface area contributed by atoms with Gasteiger partial charge in [0.05, 0.1) is 5.60 Å². The van der Waals surface area contributed by atoms with Gasteiger partial charge < -0.3 is 10.0 Å². The molecule has 0 aliphatic carbocycles. The molecule has 2 aromatic rings. The van der Waals surface area contributed by atoms with Crippen molar-refractivity contribution in [1.29, 1.82) is 0 Å². The lowest BCUT2D eigenvalue weighted by molar-refractivity contribution is -0.122. The van der Waals surface area contributed by atoms with E-state index in [2.05, 4.69) is 23.1 Å². The Morgan fingerprint density at radius 1 is 1.14 bits per heavy atom. The lowest BCUT2D eigenvalue weighted by atomic mass is 9.85. The van der Waals surface area contributed by atoms with Gasteiger partial charge in [0.1, 0.15) is 5.78 Å². The van der Waals surface area contributed by atoms with Crippen molar-refractivity contribution in [2.24, 2.45) is 0 Å². The van der Waals surface area contributed by atoms with Crippen LogP contribution in [-0.2, 0) is 10.4 Å². The van der Waals surface area contributed by atoms with Gasteiger partial charge in [0.25, 0.3) is 0 Å². The molecule has 0 heterocycles. The fourth-order valence-electron chi connectivity index (χ4n) is 2.64. The molecule has 0 aliphatic rings. The fourth-order valence-corrected chi connectivity index (χ4v) is 2.64. The summed E-state index contributed by atoms with van der Waals surface area (Å²) in [6.07, 6.45) is 0.679. The predicted molar refractivity (Wildman–Crippen MR) is 87.8 cm³/mol. The van der Waals surface area contributed by atoms with E-state index in [0.29, 0.717) is 6.42 Å². The van der Waals surface area contributed by atoms with Gasteiger partial charge in [-0.1, -0.05) is 25.1 Å². The van der Waals surface area contributed by atoms with Crippen molar-refractivity contribution in [3.8, 4) is 0 Å². The zero-order valence-electron chi connectivity index (χ0n) is 13.2. The zero-order chi connectivity index (χ0) is 15.6. The summed E-state index contributed by atoms with van der Waals surface area (Å²) in [4.78, 5) is 13.5. The highest BCUT2D eigenvalue weighted by atomic mass is 16.3. The van der Waals surface area contributed by atoms with Crippen molar-refractivity contribution >= 4 is 22.2 Å². The Kier molecular flexibility index (Phi) is 4.33. The van der Waals surface area contributed by atoms with Crippen LogP contribution in [0.25, 0.3) is 10.8 Å². The summed E-state index contributed by atoms with van der Waals surface area (Å²) in [6, 6.07) is 12.2. The number of anilines is 1. The molecule has 2 rings (SSSR count). The molecule has 1 atom stereocenters. The van der Waals surface area contributed by atoms with Gasteiger partial charge in [-0.3, -0.25) is 4.79 Å². The third-order valence-corrected chi connectivity index (χ3v) is 4.00. The Labute approximate surface area is 126 Å². The largest absolute Gasteiger partial charge is 0.385 e. The molecule has 1 unspecified atom stereocenters. The van der Waals surface area contributed by atoms with Crippen LogP contribution in [-0.4, -0.2) is 25.0 Å². The first-order chi connectivity index (χ1) is 9.85. The number of carbonyl (C=O) groups is 1. The summed E-state index contributed by atoms with van der Waals surface area (Å²) < 4.78 is 0. The third kappa shape index (κ3) is 3.24. The molecule has 0 spiro atoms. The molecule has 21 heavy (non-hydrogen) atoms. The molecule has 0 bridgehead atoms. The molecule has 0 amide bonds. The monoisotopic (exact) mass is 285 g/mol. The second kappa shape index (κ2) is 5.86. The molecule has 1 N–H and O–H groups in total. The Balaban J connectivity index is 2.47. The SMILES string of the molecule is CCC(O)(CC(C)=O)c1ccc2cc(N(C)C)ccc2c1. The van der Waals surface area contributed by atoms with Crippen LogP contribution in [0.4, 0.5) is 5.69 Å². The van der Waals surface area contributed by atoms with E-state index in [4.69, 9.17) is 0 Å². The number of nitrogens with zero attached hydrogens (tertiary/aromatic N) is 1. The van der Waals surface area contributed by atoms with Crippen LogP contribution in [0.2, 0.25) is 0 Å². The number of aliphatic hydroxyl groups is 1. The molecular weight excluding hydrogens is 262 g/mol. The number of carbonyl (C=O) groups excluding carboxylic acids is 1. The van der Waals surface area contributed by atoms with E-state index in [1.807, 2.05) is 39.2 Å². The third-order valence-electron chi connectivity index (χ3n) is 4.00. The second-order valence-corrected chi connectivity index (χ2v) is 5.90. The van der Waals surface area contributed by atoms with Crippen LogP contribution < -0.4 is 4.90 Å². The van der Waals surface area contributed by atoms with Crippen LogP contribution in [0, 0.1) is 0 Å². The molecule has 0 radical (unpaired) electrons. The molecule has 0 aromatic heterocycles. The number of Topliss-reactive ketones (excluding diaryl/α,β-unsaturated/α-hetero) is 1. The van der Waals surface area contributed by atoms with Crippen LogP contribution in [0.15, 0.2) is 36.4 Å². The van der Waals surface area contributed by atoms with Gasteiger partial charge in [-0.15, -0.1) is 0 Å². The lowest BCUT2D eigenvalue weighted by Crippen LogP contribution is -2.27. The Morgan fingerprint density at radius 3 is 2.33 bits per heavy atom. The number of fused-ring (bicyclic) bond motifs is 1. The fraction of sp³-hybridized carbons (Fsp3) is 0.389. The summed E-state index contributed by atoms with van der Waals surface area (Å²) in [5.41, 5.74) is 0.885. The van der Waals surface area contributed by atoms with E-state index in [1.54, 1.807) is 0 Å². The maximum Gasteiger partial charge on any atom is 0.133 e. The van der Waals surface area contributed by atoms with Gasteiger partial charge in [-0.05, 0) is 47.9 Å². The minimum atomic E-state index is -1.07.